The van der Waals surface area contributed by atoms with Gasteiger partial charge in [0.05, 0.1) is 17.3 Å². The van der Waals surface area contributed by atoms with Crippen LogP contribution in [0.4, 0.5) is 0 Å². The van der Waals surface area contributed by atoms with Crippen LogP contribution < -0.4 is 0 Å². The number of hydrogen-bond acceptors (Lipinski definition) is 3. The summed E-state index contributed by atoms with van der Waals surface area (Å²) in [6, 6.07) is 0. The van der Waals surface area contributed by atoms with Gasteiger partial charge in [-0.25, -0.2) is 12.7 Å². The summed E-state index contributed by atoms with van der Waals surface area (Å²) < 4.78 is 26.2. The minimum atomic E-state index is -3.51. The minimum absolute atomic E-state index is 0.0803. The van der Waals surface area contributed by atoms with Crippen LogP contribution in [0.25, 0.3) is 0 Å². The summed E-state index contributed by atoms with van der Waals surface area (Å²) >= 11 is 5.72. The van der Waals surface area contributed by atoms with E-state index in [-0.39, 0.29) is 10.8 Å². The van der Waals surface area contributed by atoms with Gasteiger partial charge in [0, 0.05) is 13.6 Å². The Morgan fingerprint density at radius 3 is 2.56 bits per heavy atom. The highest BCUT2D eigenvalue weighted by Gasteiger charge is 2.27. The highest BCUT2D eigenvalue weighted by Crippen LogP contribution is 2.23. The number of H-pyrrole nitrogens is 1. The van der Waals surface area contributed by atoms with Crippen LogP contribution in [0.1, 0.15) is 31.7 Å². The lowest BCUT2D eigenvalue weighted by Gasteiger charge is -2.18. The van der Waals surface area contributed by atoms with Crippen LogP contribution in [0.3, 0.4) is 0 Å². The molecular formula is C11H20ClN3O2S. The molecule has 18 heavy (non-hydrogen) atoms. The zero-order chi connectivity index (χ0) is 13.9. The van der Waals surface area contributed by atoms with E-state index in [1.807, 2.05) is 0 Å². The van der Waals surface area contributed by atoms with Gasteiger partial charge in [0.15, 0.2) is 0 Å². The first-order valence-corrected chi connectivity index (χ1v) is 7.84. The van der Waals surface area contributed by atoms with Crippen molar-refractivity contribution in [2.75, 3.05) is 13.6 Å². The summed E-state index contributed by atoms with van der Waals surface area (Å²) in [6.07, 6.45) is 0.822. The first-order chi connectivity index (χ1) is 8.30. The Kier molecular flexibility index (Phi) is 5.19. The number of nitrogens with one attached hydrogen (secondary N) is 1. The van der Waals surface area contributed by atoms with E-state index in [9.17, 15) is 8.42 Å². The van der Waals surface area contributed by atoms with Crippen molar-refractivity contribution in [1.29, 1.82) is 0 Å². The van der Waals surface area contributed by atoms with E-state index in [2.05, 4.69) is 24.0 Å². The molecule has 0 aliphatic heterocycles. The normalized spacial score (nSPS) is 12.6. The molecule has 0 amide bonds. The van der Waals surface area contributed by atoms with E-state index in [0.717, 1.165) is 6.42 Å². The van der Waals surface area contributed by atoms with Gasteiger partial charge in [0.25, 0.3) is 0 Å². The molecule has 104 valence electrons. The summed E-state index contributed by atoms with van der Waals surface area (Å²) in [6.45, 7) is 6.31. The predicted octanol–water partition coefficient (Wildman–Crippen LogP) is 2.12. The number of nitrogens with zero attached hydrogens (tertiary/aromatic N) is 2. The fourth-order valence-corrected chi connectivity index (χ4v) is 3.40. The van der Waals surface area contributed by atoms with Crippen LogP contribution in [-0.2, 0) is 15.9 Å². The molecule has 0 atom stereocenters. The Balaban J connectivity index is 3.02. The molecule has 0 unspecified atom stereocenters. The fourth-order valence-electron chi connectivity index (χ4n) is 1.62. The zero-order valence-corrected chi connectivity index (χ0v) is 12.8. The average molecular weight is 294 g/mol. The van der Waals surface area contributed by atoms with E-state index in [1.54, 1.807) is 14.0 Å². The van der Waals surface area contributed by atoms with E-state index >= 15 is 0 Å². The lowest BCUT2D eigenvalue weighted by atomic mass is 10.1. The molecule has 0 fully saturated rings. The zero-order valence-electron chi connectivity index (χ0n) is 11.2. The van der Waals surface area contributed by atoms with Gasteiger partial charge in [-0.3, -0.25) is 5.10 Å². The Hall–Kier alpha value is -0.590. The summed E-state index contributed by atoms with van der Waals surface area (Å²) in [5.74, 6) is 0.539. The van der Waals surface area contributed by atoms with Crippen LogP contribution in [0, 0.1) is 12.8 Å². The lowest BCUT2D eigenvalue weighted by Crippen LogP contribution is -2.29. The molecule has 7 heteroatoms. The maximum absolute atomic E-state index is 12.4. The number of alkyl halides is 1. The second kappa shape index (κ2) is 6.04. The summed E-state index contributed by atoms with van der Waals surface area (Å²) in [5.41, 5.74) is 0.910. The van der Waals surface area contributed by atoms with Crippen molar-refractivity contribution < 1.29 is 8.42 Å². The smallest absolute Gasteiger partial charge is 0.246 e. The van der Waals surface area contributed by atoms with Gasteiger partial charge in [0.2, 0.25) is 10.0 Å². The highest BCUT2D eigenvalue weighted by atomic mass is 35.5. The largest absolute Gasteiger partial charge is 0.281 e. The standard InChI is InChI=1S/C11H20ClN3O2S/c1-8(2)5-6-15(4)18(16,17)11-9(3)13-14-10(11)7-12/h8H,5-7H2,1-4H3,(H,13,14). The van der Waals surface area contributed by atoms with Crippen molar-refractivity contribution in [3.8, 4) is 0 Å². The maximum Gasteiger partial charge on any atom is 0.246 e. The van der Waals surface area contributed by atoms with Gasteiger partial charge < -0.3 is 0 Å². The summed E-state index contributed by atoms with van der Waals surface area (Å²) in [5, 5.41) is 6.59. The Morgan fingerprint density at radius 2 is 2.06 bits per heavy atom. The maximum atomic E-state index is 12.4. The molecule has 0 spiro atoms. The fraction of sp³-hybridized carbons (Fsp3) is 0.727. The molecule has 0 aromatic carbocycles. The summed E-state index contributed by atoms with van der Waals surface area (Å²) in [4.78, 5) is 0.212. The van der Waals surface area contributed by atoms with Gasteiger partial charge in [-0.05, 0) is 19.3 Å². The highest BCUT2D eigenvalue weighted by molar-refractivity contribution is 7.89. The number of sulfonamides is 1. The van der Waals surface area contributed by atoms with Gasteiger partial charge in [-0.1, -0.05) is 13.8 Å². The van der Waals surface area contributed by atoms with Crippen LogP contribution in [-0.4, -0.2) is 36.5 Å². The van der Waals surface area contributed by atoms with E-state index in [4.69, 9.17) is 11.6 Å². The molecule has 1 aromatic rings. The quantitative estimate of drug-likeness (QED) is 0.817. The van der Waals surface area contributed by atoms with Crippen molar-refractivity contribution >= 4 is 21.6 Å². The molecule has 0 saturated heterocycles. The molecule has 1 N–H and O–H groups in total. The third-order valence-corrected chi connectivity index (χ3v) is 5.09. The Labute approximate surface area is 114 Å². The van der Waals surface area contributed by atoms with Gasteiger partial charge in [-0.15, -0.1) is 11.6 Å². The van der Waals surface area contributed by atoms with Crippen molar-refractivity contribution in [1.82, 2.24) is 14.5 Å². The molecule has 5 nitrogen and oxygen atoms in total. The van der Waals surface area contributed by atoms with Crippen molar-refractivity contribution in [2.24, 2.45) is 5.92 Å². The van der Waals surface area contributed by atoms with Crippen molar-refractivity contribution in [3.05, 3.63) is 11.4 Å². The second-order valence-corrected chi connectivity index (χ2v) is 7.02. The second-order valence-electron chi connectivity index (χ2n) is 4.77. The number of aromatic amines is 1. The van der Waals surface area contributed by atoms with Crippen molar-refractivity contribution in [2.45, 2.75) is 38.0 Å². The molecule has 1 heterocycles. The molecule has 0 aliphatic rings. The summed E-state index contributed by atoms with van der Waals surface area (Å²) in [7, 11) is -1.92. The Bertz CT molecular complexity index is 496. The van der Waals surface area contributed by atoms with Gasteiger partial charge >= 0.3 is 0 Å². The first kappa shape index (κ1) is 15.5. The molecule has 0 radical (unpaired) electrons. The van der Waals surface area contributed by atoms with Crippen LogP contribution in [0.5, 0.6) is 0 Å². The number of aromatic nitrogens is 2. The monoisotopic (exact) mass is 293 g/mol. The number of aryl methyl sites for hydroxylation is 1. The van der Waals surface area contributed by atoms with Gasteiger partial charge in [0.1, 0.15) is 4.90 Å². The number of halogens is 1. The van der Waals surface area contributed by atoms with Crippen molar-refractivity contribution in [3.63, 3.8) is 0 Å². The first-order valence-electron chi connectivity index (χ1n) is 5.86. The van der Waals surface area contributed by atoms with Gasteiger partial charge in [-0.2, -0.15) is 5.10 Å². The van der Waals surface area contributed by atoms with Crippen LogP contribution in [0.2, 0.25) is 0 Å². The average Bonchev–Trinajstić information content (AvgIpc) is 2.67. The SMILES string of the molecule is Cc1[nH]nc(CCl)c1S(=O)(=O)N(C)CCC(C)C. The minimum Gasteiger partial charge on any atom is -0.281 e. The van der Waals surface area contributed by atoms with Crippen LogP contribution >= 0.6 is 11.6 Å². The topological polar surface area (TPSA) is 66.1 Å². The molecule has 0 saturated carbocycles. The number of hydrogen-bond donors (Lipinski definition) is 1. The Morgan fingerprint density at radius 1 is 1.44 bits per heavy atom. The third-order valence-electron chi connectivity index (χ3n) is 2.78. The van der Waals surface area contributed by atoms with Crippen LogP contribution in [0.15, 0.2) is 4.90 Å². The molecule has 1 aromatic heterocycles. The van der Waals surface area contributed by atoms with E-state index in [0.29, 0.717) is 23.9 Å². The molecular weight excluding hydrogens is 274 g/mol. The molecule has 1 rings (SSSR count). The lowest BCUT2D eigenvalue weighted by molar-refractivity contribution is 0.427. The third kappa shape index (κ3) is 3.24. The predicted molar refractivity (Wildman–Crippen MR) is 72.2 cm³/mol. The number of rotatable bonds is 6. The molecule has 0 bridgehead atoms. The van der Waals surface area contributed by atoms with E-state index in [1.165, 1.54) is 4.31 Å². The molecule has 0 aliphatic carbocycles. The van der Waals surface area contributed by atoms with E-state index < -0.39 is 10.0 Å².